The Labute approximate surface area is 141 Å². The van der Waals surface area contributed by atoms with E-state index in [0.717, 1.165) is 5.69 Å². The largest absolute Gasteiger partial charge is 0.481 e. The van der Waals surface area contributed by atoms with Gasteiger partial charge >= 0.3 is 0 Å². The number of rotatable bonds is 6. The molecule has 0 aliphatic carbocycles. The number of aromatic nitrogens is 1. The zero-order valence-electron chi connectivity index (χ0n) is 13.7. The summed E-state index contributed by atoms with van der Waals surface area (Å²) in [6.07, 6.45) is -0.619. The third kappa shape index (κ3) is 4.73. The van der Waals surface area contributed by atoms with Crippen molar-refractivity contribution in [1.29, 1.82) is 0 Å². The second kappa shape index (κ2) is 7.51. The second-order valence-electron chi connectivity index (χ2n) is 5.78. The Morgan fingerprint density at radius 3 is 2.70 bits per heavy atom. The lowest BCUT2D eigenvalue weighted by Gasteiger charge is -2.21. The average Bonchev–Trinajstić information content (AvgIpc) is 2.95. The molecular weight excluding hydrogens is 316 g/mol. The topological polar surface area (TPSA) is 55.6 Å². The molecule has 1 heterocycles. The predicted octanol–water partition coefficient (Wildman–Crippen LogP) is 3.88. The number of carbonyl (C=O) groups is 1. The van der Waals surface area contributed by atoms with Gasteiger partial charge in [0.25, 0.3) is 5.91 Å². The number of halogens is 1. The molecule has 0 unspecified atom stereocenters. The first-order valence-electron chi connectivity index (χ1n) is 7.49. The number of hydrogen-bond acceptors (Lipinski definition) is 4. The third-order valence-corrected chi connectivity index (χ3v) is 3.63. The quantitative estimate of drug-likeness (QED) is 0.803. The van der Waals surface area contributed by atoms with Crippen molar-refractivity contribution in [3.05, 3.63) is 46.8 Å². The number of ether oxygens (including phenoxy) is 1. The normalized spacial score (nSPS) is 12.3. The summed E-state index contributed by atoms with van der Waals surface area (Å²) in [7, 11) is 1.71. The van der Waals surface area contributed by atoms with Gasteiger partial charge in [-0.1, -0.05) is 36.7 Å². The molecule has 0 saturated heterocycles. The molecule has 1 atom stereocenters. The van der Waals surface area contributed by atoms with Crippen LogP contribution in [0.5, 0.6) is 5.75 Å². The van der Waals surface area contributed by atoms with Crippen LogP contribution in [0.4, 0.5) is 0 Å². The minimum atomic E-state index is -0.619. The van der Waals surface area contributed by atoms with Gasteiger partial charge in [-0.3, -0.25) is 4.79 Å². The van der Waals surface area contributed by atoms with Crippen LogP contribution >= 0.6 is 11.6 Å². The highest BCUT2D eigenvalue weighted by molar-refractivity contribution is 6.30. The molecule has 23 heavy (non-hydrogen) atoms. The first kappa shape index (κ1) is 17.3. The number of amides is 1. The van der Waals surface area contributed by atoms with Crippen molar-refractivity contribution < 1.29 is 14.1 Å². The second-order valence-corrected chi connectivity index (χ2v) is 6.22. The Hall–Kier alpha value is -2.01. The van der Waals surface area contributed by atoms with Gasteiger partial charge in [-0.25, -0.2) is 0 Å². The molecule has 124 valence electrons. The Morgan fingerprint density at radius 1 is 1.35 bits per heavy atom. The Kier molecular flexibility index (Phi) is 5.66. The molecule has 0 bridgehead atoms. The average molecular weight is 337 g/mol. The fraction of sp³-hybridized carbons (Fsp3) is 0.412. The lowest BCUT2D eigenvalue weighted by Crippen LogP contribution is -2.37. The van der Waals surface area contributed by atoms with Crippen LogP contribution in [-0.2, 0) is 11.3 Å². The first-order valence-corrected chi connectivity index (χ1v) is 7.87. The first-order chi connectivity index (χ1) is 10.9. The summed E-state index contributed by atoms with van der Waals surface area (Å²) in [6, 6.07) is 8.85. The SMILES string of the molecule is CC(C)c1cc(CN(C)C(=O)[C@@H](C)Oc2cccc(Cl)c2)on1. The maximum absolute atomic E-state index is 12.4. The molecule has 0 fully saturated rings. The zero-order chi connectivity index (χ0) is 17.0. The van der Waals surface area contributed by atoms with Crippen LogP contribution < -0.4 is 4.74 Å². The summed E-state index contributed by atoms with van der Waals surface area (Å²) >= 11 is 5.91. The minimum Gasteiger partial charge on any atom is -0.481 e. The van der Waals surface area contributed by atoms with Crippen molar-refractivity contribution in [2.24, 2.45) is 0 Å². The molecule has 0 spiro atoms. The molecule has 1 aromatic carbocycles. The van der Waals surface area contributed by atoms with Crippen molar-refractivity contribution in [3.63, 3.8) is 0 Å². The minimum absolute atomic E-state index is 0.146. The summed E-state index contributed by atoms with van der Waals surface area (Å²) in [5, 5.41) is 4.56. The summed E-state index contributed by atoms with van der Waals surface area (Å²) in [5.41, 5.74) is 0.879. The molecule has 2 rings (SSSR count). The van der Waals surface area contributed by atoms with E-state index in [2.05, 4.69) is 5.16 Å². The van der Waals surface area contributed by atoms with E-state index < -0.39 is 6.10 Å². The van der Waals surface area contributed by atoms with Gasteiger partial charge in [0.1, 0.15) is 5.75 Å². The standard InChI is InChI=1S/C17H21ClN2O3/c1-11(2)16-9-15(23-19-16)10-20(4)17(21)12(3)22-14-7-5-6-13(18)8-14/h5-9,11-12H,10H2,1-4H3/t12-/m1/s1. The number of benzene rings is 1. The Morgan fingerprint density at radius 2 is 2.09 bits per heavy atom. The van der Waals surface area contributed by atoms with Crippen LogP contribution in [-0.4, -0.2) is 29.1 Å². The van der Waals surface area contributed by atoms with Gasteiger partial charge in [-0.05, 0) is 31.0 Å². The lowest BCUT2D eigenvalue weighted by atomic mass is 10.1. The van der Waals surface area contributed by atoms with Crippen LogP contribution in [0, 0.1) is 0 Å². The molecule has 0 N–H and O–H groups in total. The number of carbonyl (C=O) groups excluding carboxylic acids is 1. The molecule has 0 aliphatic heterocycles. The molecule has 0 saturated carbocycles. The molecule has 6 heteroatoms. The van der Waals surface area contributed by atoms with Gasteiger partial charge < -0.3 is 14.2 Å². The van der Waals surface area contributed by atoms with Crippen LogP contribution in [0.1, 0.15) is 38.1 Å². The van der Waals surface area contributed by atoms with Gasteiger partial charge in [0.05, 0.1) is 12.2 Å². The van der Waals surface area contributed by atoms with Crippen molar-refractivity contribution in [2.75, 3.05) is 7.05 Å². The summed E-state index contributed by atoms with van der Waals surface area (Å²) in [4.78, 5) is 13.9. The molecule has 0 aliphatic rings. The fourth-order valence-electron chi connectivity index (χ4n) is 2.09. The van der Waals surface area contributed by atoms with Crippen molar-refractivity contribution in [1.82, 2.24) is 10.1 Å². The van der Waals surface area contributed by atoms with E-state index >= 15 is 0 Å². The summed E-state index contributed by atoms with van der Waals surface area (Å²) < 4.78 is 10.9. The van der Waals surface area contributed by atoms with Crippen molar-refractivity contribution in [3.8, 4) is 5.75 Å². The third-order valence-electron chi connectivity index (χ3n) is 3.39. The van der Waals surface area contributed by atoms with E-state index in [0.29, 0.717) is 29.0 Å². The van der Waals surface area contributed by atoms with E-state index in [1.54, 1.807) is 43.1 Å². The molecular formula is C17H21ClN2O3. The van der Waals surface area contributed by atoms with E-state index in [-0.39, 0.29) is 5.91 Å². The lowest BCUT2D eigenvalue weighted by molar-refractivity contribution is -0.137. The van der Waals surface area contributed by atoms with Gasteiger partial charge in [-0.15, -0.1) is 0 Å². The molecule has 1 amide bonds. The molecule has 1 aromatic heterocycles. The molecule has 5 nitrogen and oxygen atoms in total. The van der Waals surface area contributed by atoms with Crippen LogP contribution in [0.25, 0.3) is 0 Å². The Bertz CT molecular complexity index is 669. The van der Waals surface area contributed by atoms with Crippen molar-refractivity contribution in [2.45, 2.75) is 39.3 Å². The van der Waals surface area contributed by atoms with Gasteiger partial charge in [0.15, 0.2) is 11.9 Å². The van der Waals surface area contributed by atoms with Gasteiger partial charge in [0, 0.05) is 18.1 Å². The highest BCUT2D eigenvalue weighted by Crippen LogP contribution is 2.19. The van der Waals surface area contributed by atoms with E-state index in [1.807, 2.05) is 19.9 Å². The number of nitrogens with zero attached hydrogens (tertiary/aromatic N) is 2. The van der Waals surface area contributed by atoms with Crippen LogP contribution in [0.2, 0.25) is 5.02 Å². The zero-order valence-corrected chi connectivity index (χ0v) is 14.5. The summed E-state index contributed by atoms with van der Waals surface area (Å²) in [5.74, 6) is 1.36. The molecule has 2 aromatic rings. The maximum Gasteiger partial charge on any atom is 0.263 e. The fourth-order valence-corrected chi connectivity index (χ4v) is 2.27. The van der Waals surface area contributed by atoms with Gasteiger partial charge in [-0.2, -0.15) is 0 Å². The maximum atomic E-state index is 12.4. The monoisotopic (exact) mass is 336 g/mol. The van der Waals surface area contributed by atoms with E-state index in [9.17, 15) is 4.79 Å². The van der Waals surface area contributed by atoms with Crippen LogP contribution in [0.3, 0.4) is 0 Å². The van der Waals surface area contributed by atoms with E-state index in [4.69, 9.17) is 20.9 Å². The Balaban J connectivity index is 1.95. The smallest absolute Gasteiger partial charge is 0.263 e. The summed E-state index contributed by atoms with van der Waals surface area (Å²) in [6.45, 7) is 6.14. The highest BCUT2D eigenvalue weighted by Gasteiger charge is 2.21. The van der Waals surface area contributed by atoms with Gasteiger partial charge in [0.2, 0.25) is 0 Å². The van der Waals surface area contributed by atoms with E-state index in [1.165, 1.54) is 0 Å². The highest BCUT2D eigenvalue weighted by atomic mass is 35.5. The molecule has 0 radical (unpaired) electrons. The van der Waals surface area contributed by atoms with Crippen molar-refractivity contribution >= 4 is 17.5 Å². The van der Waals surface area contributed by atoms with Crippen LogP contribution in [0.15, 0.2) is 34.9 Å². The number of likely N-dealkylation sites (N-methyl/N-ethyl adjacent to an activating group) is 1. The number of hydrogen-bond donors (Lipinski definition) is 0. The predicted molar refractivity (Wildman–Crippen MR) is 88.6 cm³/mol.